The lowest BCUT2D eigenvalue weighted by Gasteiger charge is -2.23. The van der Waals surface area contributed by atoms with E-state index in [9.17, 15) is 4.79 Å². The minimum atomic E-state index is -0.709. The zero-order valence-electron chi connectivity index (χ0n) is 11.5. The van der Waals surface area contributed by atoms with Gasteiger partial charge in [0.25, 0.3) is 0 Å². The zero-order valence-corrected chi connectivity index (χ0v) is 12.3. The van der Waals surface area contributed by atoms with Crippen molar-refractivity contribution in [1.82, 2.24) is 5.32 Å². The van der Waals surface area contributed by atoms with Gasteiger partial charge in [0.05, 0.1) is 6.61 Å². The number of rotatable bonds is 7. The Bertz CT molecular complexity index is 404. The number of benzene rings is 1. The van der Waals surface area contributed by atoms with Crippen molar-refractivity contribution in [1.29, 1.82) is 0 Å². The maximum atomic E-state index is 11.6. The van der Waals surface area contributed by atoms with Gasteiger partial charge in [-0.15, -0.1) is 0 Å². The van der Waals surface area contributed by atoms with Crippen LogP contribution < -0.4 is 10.1 Å². The van der Waals surface area contributed by atoms with E-state index in [1.54, 1.807) is 45.0 Å². The minimum Gasteiger partial charge on any atom is -0.492 e. The van der Waals surface area contributed by atoms with Gasteiger partial charge < -0.3 is 9.47 Å². The number of carbonyl (C=O) groups is 1. The molecule has 0 saturated carbocycles. The van der Waals surface area contributed by atoms with E-state index in [4.69, 9.17) is 21.1 Å². The first kappa shape index (κ1) is 15.8. The van der Waals surface area contributed by atoms with Gasteiger partial charge in [-0.1, -0.05) is 11.6 Å². The third kappa shape index (κ3) is 5.49. The minimum absolute atomic E-state index is 0.263. The van der Waals surface area contributed by atoms with Crippen molar-refractivity contribution in [3.8, 4) is 5.75 Å². The van der Waals surface area contributed by atoms with Crippen LogP contribution in [0.4, 0.5) is 0 Å². The largest absolute Gasteiger partial charge is 0.492 e. The third-order valence-corrected chi connectivity index (χ3v) is 2.79. The normalized spacial score (nSPS) is 11.2. The Hall–Kier alpha value is -1.26. The zero-order chi connectivity index (χ0) is 14.3. The van der Waals surface area contributed by atoms with Gasteiger partial charge >= 0.3 is 5.97 Å². The summed E-state index contributed by atoms with van der Waals surface area (Å²) in [6.07, 6.45) is 0. The summed E-state index contributed by atoms with van der Waals surface area (Å²) < 4.78 is 10.5. The second kappa shape index (κ2) is 7.36. The maximum absolute atomic E-state index is 11.6. The molecule has 0 amide bonds. The van der Waals surface area contributed by atoms with Gasteiger partial charge in [-0.05, 0) is 45.0 Å². The van der Waals surface area contributed by atoms with Crippen LogP contribution in [0.1, 0.15) is 20.8 Å². The highest BCUT2D eigenvalue weighted by molar-refractivity contribution is 6.30. The SMILES string of the molecule is CCOC(=O)C(C)(C)NCCOc1ccc(Cl)cc1. The fourth-order valence-corrected chi connectivity index (χ4v) is 1.57. The quantitative estimate of drug-likeness (QED) is 0.618. The van der Waals surface area contributed by atoms with Crippen LogP contribution >= 0.6 is 11.6 Å². The molecule has 0 heterocycles. The Morgan fingerprint density at radius 1 is 1.32 bits per heavy atom. The fourth-order valence-electron chi connectivity index (χ4n) is 1.45. The summed E-state index contributed by atoms with van der Waals surface area (Å²) in [5.74, 6) is 0.488. The molecule has 1 N–H and O–H groups in total. The van der Waals surface area contributed by atoms with Crippen molar-refractivity contribution in [3.63, 3.8) is 0 Å². The van der Waals surface area contributed by atoms with Gasteiger partial charge in [0.15, 0.2) is 0 Å². The molecule has 0 bridgehead atoms. The molecule has 1 aromatic rings. The highest BCUT2D eigenvalue weighted by Gasteiger charge is 2.27. The summed E-state index contributed by atoms with van der Waals surface area (Å²) in [7, 11) is 0. The van der Waals surface area contributed by atoms with Gasteiger partial charge in [0.2, 0.25) is 0 Å². The predicted octanol–water partition coefficient (Wildman–Crippen LogP) is 2.65. The molecule has 0 saturated heterocycles. The number of ether oxygens (including phenoxy) is 2. The monoisotopic (exact) mass is 285 g/mol. The summed E-state index contributed by atoms with van der Waals surface area (Å²) in [6, 6.07) is 7.15. The van der Waals surface area contributed by atoms with E-state index in [0.717, 1.165) is 5.75 Å². The van der Waals surface area contributed by atoms with Crippen molar-refractivity contribution in [2.75, 3.05) is 19.8 Å². The number of hydrogen-bond donors (Lipinski definition) is 1. The molecule has 0 radical (unpaired) electrons. The average Bonchev–Trinajstić information content (AvgIpc) is 2.37. The molecule has 4 nitrogen and oxygen atoms in total. The smallest absolute Gasteiger partial charge is 0.325 e. The average molecular weight is 286 g/mol. The lowest BCUT2D eigenvalue weighted by Crippen LogP contribution is -2.49. The molecular formula is C14H20ClNO3. The van der Waals surface area contributed by atoms with E-state index < -0.39 is 5.54 Å². The van der Waals surface area contributed by atoms with Crippen molar-refractivity contribution in [3.05, 3.63) is 29.3 Å². The van der Waals surface area contributed by atoms with Crippen molar-refractivity contribution in [2.24, 2.45) is 0 Å². The summed E-state index contributed by atoms with van der Waals surface area (Å²) in [5, 5.41) is 3.77. The van der Waals surface area contributed by atoms with Crippen LogP contribution in [-0.2, 0) is 9.53 Å². The van der Waals surface area contributed by atoms with E-state index in [2.05, 4.69) is 5.32 Å². The standard InChI is InChI=1S/C14H20ClNO3/c1-4-18-13(17)14(2,3)16-9-10-19-12-7-5-11(15)6-8-12/h5-8,16H,4,9-10H2,1-3H3. The third-order valence-electron chi connectivity index (χ3n) is 2.54. The summed E-state index contributed by atoms with van der Waals surface area (Å²) in [5.41, 5.74) is -0.709. The Labute approximate surface area is 119 Å². The maximum Gasteiger partial charge on any atom is 0.325 e. The van der Waals surface area contributed by atoms with Crippen molar-refractivity contribution < 1.29 is 14.3 Å². The number of hydrogen-bond acceptors (Lipinski definition) is 4. The van der Waals surface area contributed by atoms with Crippen LogP contribution in [-0.4, -0.2) is 31.3 Å². The number of esters is 1. The van der Waals surface area contributed by atoms with Gasteiger partial charge in [-0.25, -0.2) is 0 Å². The summed E-state index contributed by atoms with van der Waals surface area (Å²) in [4.78, 5) is 11.6. The summed E-state index contributed by atoms with van der Waals surface area (Å²) >= 11 is 5.78. The molecule has 0 aliphatic rings. The molecule has 0 aromatic heterocycles. The lowest BCUT2D eigenvalue weighted by molar-refractivity contribution is -0.149. The van der Waals surface area contributed by atoms with E-state index in [-0.39, 0.29) is 5.97 Å². The van der Waals surface area contributed by atoms with Crippen molar-refractivity contribution in [2.45, 2.75) is 26.3 Å². The highest BCUT2D eigenvalue weighted by atomic mass is 35.5. The van der Waals surface area contributed by atoms with Gasteiger partial charge in [-0.2, -0.15) is 0 Å². The topological polar surface area (TPSA) is 47.6 Å². The molecule has 0 aliphatic carbocycles. The first-order chi connectivity index (χ1) is 8.95. The molecule has 106 valence electrons. The van der Waals surface area contributed by atoms with Crippen LogP contribution in [0, 0.1) is 0 Å². The lowest BCUT2D eigenvalue weighted by atomic mass is 10.1. The van der Waals surface area contributed by atoms with E-state index in [1.165, 1.54) is 0 Å². The number of carbonyl (C=O) groups excluding carboxylic acids is 1. The van der Waals surface area contributed by atoms with E-state index >= 15 is 0 Å². The fraction of sp³-hybridized carbons (Fsp3) is 0.500. The Morgan fingerprint density at radius 2 is 1.95 bits per heavy atom. The molecule has 1 rings (SSSR count). The van der Waals surface area contributed by atoms with Gasteiger partial charge in [-0.3, -0.25) is 10.1 Å². The molecule has 0 atom stereocenters. The molecule has 1 aromatic carbocycles. The van der Waals surface area contributed by atoms with Gasteiger partial charge in [0.1, 0.15) is 17.9 Å². The van der Waals surface area contributed by atoms with Crippen molar-refractivity contribution >= 4 is 17.6 Å². The molecule has 0 unspecified atom stereocenters. The molecular weight excluding hydrogens is 266 g/mol. The van der Waals surface area contributed by atoms with E-state index in [1.807, 2.05) is 0 Å². The van der Waals surface area contributed by atoms with Gasteiger partial charge in [0, 0.05) is 11.6 Å². The first-order valence-corrected chi connectivity index (χ1v) is 6.64. The number of nitrogens with one attached hydrogen (secondary N) is 1. The molecule has 0 spiro atoms. The predicted molar refractivity (Wildman–Crippen MR) is 75.7 cm³/mol. The molecule has 19 heavy (non-hydrogen) atoms. The Balaban J connectivity index is 2.30. The van der Waals surface area contributed by atoms with Crippen LogP contribution in [0.5, 0.6) is 5.75 Å². The highest BCUT2D eigenvalue weighted by Crippen LogP contribution is 2.15. The molecule has 0 aliphatic heterocycles. The molecule has 5 heteroatoms. The Kier molecular flexibility index (Phi) is 6.12. The molecule has 0 fully saturated rings. The van der Waals surface area contributed by atoms with Crippen LogP contribution in [0.2, 0.25) is 5.02 Å². The second-order valence-electron chi connectivity index (χ2n) is 4.57. The summed E-state index contributed by atoms with van der Waals surface area (Å²) in [6.45, 7) is 6.75. The number of halogens is 1. The van der Waals surface area contributed by atoms with E-state index in [0.29, 0.717) is 24.8 Å². The van der Waals surface area contributed by atoms with Crippen LogP contribution in [0.15, 0.2) is 24.3 Å². The second-order valence-corrected chi connectivity index (χ2v) is 5.01. The first-order valence-electron chi connectivity index (χ1n) is 6.26. The van der Waals surface area contributed by atoms with Crippen LogP contribution in [0.3, 0.4) is 0 Å². The van der Waals surface area contributed by atoms with Crippen LogP contribution in [0.25, 0.3) is 0 Å². The Morgan fingerprint density at radius 3 is 2.53 bits per heavy atom.